The van der Waals surface area contributed by atoms with E-state index in [9.17, 15) is 4.79 Å². The van der Waals surface area contributed by atoms with Crippen LogP contribution in [0.2, 0.25) is 0 Å². The second-order valence-corrected chi connectivity index (χ2v) is 4.38. The Hall–Kier alpha value is -3.69. The number of nitrogens with two attached hydrogens (primary N) is 1. The van der Waals surface area contributed by atoms with Crippen molar-refractivity contribution in [3.8, 4) is 0 Å². The minimum Gasteiger partial charge on any atom is -0.465 e. The highest BCUT2D eigenvalue weighted by molar-refractivity contribution is 6.46. The number of carbonyl (C=O) groups is 1. The van der Waals surface area contributed by atoms with Crippen molar-refractivity contribution in [1.82, 2.24) is 9.97 Å². The minimum atomic E-state index is -1.22. The normalized spacial score (nSPS) is 11.8. The molecule has 2 heterocycles. The highest BCUT2D eigenvalue weighted by Gasteiger charge is 2.10. The molecule has 0 aromatic carbocycles. The lowest BCUT2D eigenvalue weighted by molar-refractivity contribution is 0.128. The average Bonchev–Trinajstić information content (AvgIpc) is 2.58. The van der Waals surface area contributed by atoms with E-state index >= 15 is 0 Å². The fraction of sp³-hybridized carbons (Fsp3) is 0.0714. The van der Waals surface area contributed by atoms with Gasteiger partial charge in [0.2, 0.25) is 0 Å². The van der Waals surface area contributed by atoms with Crippen molar-refractivity contribution in [2.24, 2.45) is 16.0 Å². The summed E-state index contributed by atoms with van der Waals surface area (Å²) >= 11 is 0. The molecular weight excluding hydrogens is 316 g/mol. The average molecular weight is 330 g/mol. The minimum absolute atomic E-state index is 0.0440. The van der Waals surface area contributed by atoms with E-state index in [1.807, 2.05) is 0 Å². The highest BCUT2D eigenvalue weighted by atomic mass is 16.6. The first-order chi connectivity index (χ1) is 11.6. The quantitative estimate of drug-likeness (QED) is 0.268. The first kappa shape index (κ1) is 16.7. The van der Waals surface area contributed by atoms with Crippen LogP contribution < -0.4 is 11.1 Å². The van der Waals surface area contributed by atoms with Gasteiger partial charge in [0.25, 0.3) is 0 Å². The molecule has 0 saturated carbocycles. The van der Waals surface area contributed by atoms with E-state index in [1.54, 1.807) is 30.5 Å². The molecule has 10 nitrogen and oxygen atoms in total. The fourth-order valence-corrected chi connectivity index (χ4v) is 1.70. The van der Waals surface area contributed by atoms with Gasteiger partial charge in [0.05, 0.1) is 5.69 Å². The number of oxime groups is 2. The summed E-state index contributed by atoms with van der Waals surface area (Å²) in [5.74, 6) is -0.0752. The summed E-state index contributed by atoms with van der Waals surface area (Å²) in [4.78, 5) is 23.7. The molecule has 124 valence electrons. The number of rotatable bonds is 6. The number of carboxylic acid groups (broad SMARTS) is 1. The SMILES string of the molecule is NC(=N/O)/C(=N/OCc1cccc(NC(=O)O)n1)c1cccnc1. The Morgan fingerprint density at radius 1 is 1.33 bits per heavy atom. The Bertz CT molecular complexity index is 763. The molecule has 0 fully saturated rings. The van der Waals surface area contributed by atoms with Crippen LogP contribution in [0.5, 0.6) is 0 Å². The molecule has 0 aliphatic rings. The third-order valence-corrected chi connectivity index (χ3v) is 2.70. The van der Waals surface area contributed by atoms with Gasteiger partial charge in [0.15, 0.2) is 18.2 Å². The Kier molecular flexibility index (Phi) is 5.61. The molecule has 0 atom stereocenters. The molecule has 0 radical (unpaired) electrons. The maximum absolute atomic E-state index is 10.6. The molecule has 5 N–H and O–H groups in total. The van der Waals surface area contributed by atoms with Crippen molar-refractivity contribution in [2.45, 2.75) is 6.61 Å². The van der Waals surface area contributed by atoms with Crippen LogP contribution in [0.3, 0.4) is 0 Å². The summed E-state index contributed by atoms with van der Waals surface area (Å²) in [7, 11) is 0. The molecule has 2 rings (SSSR count). The van der Waals surface area contributed by atoms with Crippen molar-refractivity contribution >= 4 is 23.5 Å². The number of hydrogen-bond donors (Lipinski definition) is 4. The van der Waals surface area contributed by atoms with Crippen LogP contribution in [-0.4, -0.2) is 37.9 Å². The van der Waals surface area contributed by atoms with E-state index < -0.39 is 6.09 Å². The van der Waals surface area contributed by atoms with Crippen LogP contribution in [0.1, 0.15) is 11.3 Å². The molecule has 0 unspecified atom stereocenters. The molecule has 24 heavy (non-hydrogen) atoms. The van der Waals surface area contributed by atoms with E-state index in [0.717, 1.165) is 0 Å². The zero-order chi connectivity index (χ0) is 17.4. The van der Waals surface area contributed by atoms with Crippen LogP contribution in [0.4, 0.5) is 10.6 Å². The molecule has 0 aliphatic heterocycles. The monoisotopic (exact) mass is 330 g/mol. The predicted octanol–water partition coefficient (Wildman–Crippen LogP) is 1.23. The Morgan fingerprint density at radius 3 is 2.83 bits per heavy atom. The maximum Gasteiger partial charge on any atom is 0.410 e. The number of pyridine rings is 2. The number of nitrogens with zero attached hydrogens (tertiary/aromatic N) is 4. The van der Waals surface area contributed by atoms with Crippen LogP contribution in [0.25, 0.3) is 0 Å². The Morgan fingerprint density at radius 2 is 2.17 bits per heavy atom. The largest absolute Gasteiger partial charge is 0.465 e. The summed E-state index contributed by atoms with van der Waals surface area (Å²) in [6.45, 7) is -0.0440. The van der Waals surface area contributed by atoms with Crippen molar-refractivity contribution in [3.63, 3.8) is 0 Å². The molecule has 0 spiro atoms. The van der Waals surface area contributed by atoms with Crippen molar-refractivity contribution in [1.29, 1.82) is 0 Å². The molecule has 0 bridgehead atoms. The Balaban J connectivity index is 2.11. The number of hydrogen-bond acceptors (Lipinski definition) is 7. The number of nitrogens with one attached hydrogen (secondary N) is 1. The molecule has 2 aromatic rings. The molecule has 2 aromatic heterocycles. The number of amides is 1. The zero-order valence-electron chi connectivity index (χ0n) is 12.3. The summed E-state index contributed by atoms with van der Waals surface area (Å²) in [6.07, 6.45) is 1.83. The highest BCUT2D eigenvalue weighted by Crippen LogP contribution is 2.07. The van der Waals surface area contributed by atoms with E-state index in [0.29, 0.717) is 11.3 Å². The van der Waals surface area contributed by atoms with Crippen LogP contribution in [0.15, 0.2) is 53.0 Å². The van der Waals surface area contributed by atoms with Gasteiger partial charge < -0.3 is 20.9 Å². The number of aromatic nitrogens is 2. The van der Waals surface area contributed by atoms with E-state index in [-0.39, 0.29) is 24.0 Å². The molecule has 1 amide bonds. The van der Waals surface area contributed by atoms with Crippen molar-refractivity contribution in [3.05, 3.63) is 54.0 Å². The third kappa shape index (κ3) is 4.66. The summed E-state index contributed by atoms with van der Waals surface area (Å²) < 4.78 is 0. The van der Waals surface area contributed by atoms with Crippen molar-refractivity contribution in [2.75, 3.05) is 5.32 Å². The third-order valence-electron chi connectivity index (χ3n) is 2.70. The van der Waals surface area contributed by atoms with Gasteiger partial charge in [-0.25, -0.2) is 9.78 Å². The first-order valence-corrected chi connectivity index (χ1v) is 6.64. The van der Waals surface area contributed by atoms with Gasteiger partial charge in [0, 0.05) is 18.0 Å². The van der Waals surface area contributed by atoms with Gasteiger partial charge in [-0.3, -0.25) is 10.3 Å². The second-order valence-electron chi connectivity index (χ2n) is 4.38. The lowest BCUT2D eigenvalue weighted by Crippen LogP contribution is -2.25. The van der Waals surface area contributed by atoms with Gasteiger partial charge in [-0.1, -0.05) is 16.4 Å². The summed E-state index contributed by atoms with van der Waals surface area (Å²) in [5, 5.41) is 26.4. The molecule has 0 saturated heterocycles. The van der Waals surface area contributed by atoms with E-state index in [2.05, 4.69) is 25.6 Å². The predicted molar refractivity (Wildman–Crippen MR) is 84.9 cm³/mol. The smallest absolute Gasteiger partial charge is 0.410 e. The first-order valence-electron chi connectivity index (χ1n) is 6.64. The van der Waals surface area contributed by atoms with Crippen LogP contribution in [-0.2, 0) is 11.4 Å². The van der Waals surface area contributed by atoms with Gasteiger partial charge in [-0.05, 0) is 24.3 Å². The van der Waals surface area contributed by atoms with Crippen LogP contribution >= 0.6 is 0 Å². The summed E-state index contributed by atoms with van der Waals surface area (Å²) in [5.41, 5.74) is 6.62. The topological polar surface area (TPSA) is 155 Å². The van der Waals surface area contributed by atoms with E-state index in [4.69, 9.17) is 20.9 Å². The van der Waals surface area contributed by atoms with Crippen molar-refractivity contribution < 1.29 is 19.9 Å². The van der Waals surface area contributed by atoms with Gasteiger partial charge >= 0.3 is 6.09 Å². The molecule has 0 aliphatic carbocycles. The Labute approximate surface area is 136 Å². The van der Waals surface area contributed by atoms with E-state index in [1.165, 1.54) is 12.3 Å². The molecule has 10 heteroatoms. The van der Waals surface area contributed by atoms with Gasteiger partial charge in [-0.15, -0.1) is 0 Å². The zero-order valence-corrected chi connectivity index (χ0v) is 12.3. The lowest BCUT2D eigenvalue weighted by atomic mass is 10.2. The fourth-order valence-electron chi connectivity index (χ4n) is 1.70. The maximum atomic E-state index is 10.6. The molecular formula is C14H14N6O4. The number of amidine groups is 1. The number of anilines is 1. The standard InChI is InChI=1S/C14H14N6O4/c15-13(19-23)12(9-3-2-6-16-7-9)20-24-8-10-4-1-5-11(17-10)18-14(21)22/h1-7,23H,8H2,(H2,15,19)(H,17,18)(H,21,22)/b20-12+. The van der Waals surface area contributed by atoms with Gasteiger partial charge in [0.1, 0.15) is 5.82 Å². The summed E-state index contributed by atoms with van der Waals surface area (Å²) in [6, 6.07) is 8.08. The lowest BCUT2D eigenvalue weighted by Gasteiger charge is -2.06. The van der Waals surface area contributed by atoms with Gasteiger partial charge in [-0.2, -0.15) is 0 Å². The van der Waals surface area contributed by atoms with Crippen LogP contribution in [0, 0.1) is 0 Å². The second kappa shape index (κ2) is 8.08.